The predicted octanol–water partition coefficient (Wildman–Crippen LogP) is 1.71. The van der Waals surface area contributed by atoms with Crippen molar-refractivity contribution in [2.45, 2.75) is 95.3 Å². The zero-order valence-corrected chi connectivity index (χ0v) is 24.3. The fourth-order valence-corrected chi connectivity index (χ4v) is 5.98. The normalized spacial score (nSPS) is 38.8. The Hall–Kier alpha value is -1.15. The molecule has 11 heteroatoms. The zero-order valence-electron chi connectivity index (χ0n) is 24.3. The molecule has 1 amide bonds. The van der Waals surface area contributed by atoms with E-state index in [1.54, 1.807) is 14.2 Å². The highest BCUT2D eigenvalue weighted by Crippen LogP contribution is 2.45. The molecule has 11 nitrogen and oxygen atoms in total. The molecular formula is C27H47NO10. The van der Waals surface area contributed by atoms with Crippen LogP contribution >= 0.6 is 0 Å². The van der Waals surface area contributed by atoms with Gasteiger partial charge in [0.25, 0.3) is 5.91 Å². The Kier molecular flexibility index (Phi) is 10.4. The van der Waals surface area contributed by atoms with Crippen LogP contribution < -0.4 is 0 Å². The summed E-state index contributed by atoms with van der Waals surface area (Å²) in [5, 5.41) is 10.5. The number of aliphatic hydroxyl groups is 1. The third-order valence-corrected chi connectivity index (χ3v) is 8.53. The van der Waals surface area contributed by atoms with Crippen molar-refractivity contribution in [1.82, 2.24) is 4.90 Å². The number of amides is 1. The van der Waals surface area contributed by atoms with Crippen molar-refractivity contribution < 1.29 is 47.8 Å². The van der Waals surface area contributed by atoms with E-state index in [2.05, 4.69) is 6.58 Å². The zero-order chi connectivity index (χ0) is 28.4. The molecule has 220 valence electrons. The average molecular weight is 546 g/mol. The molecule has 0 aliphatic carbocycles. The summed E-state index contributed by atoms with van der Waals surface area (Å²) in [6.45, 7) is 12.3. The van der Waals surface area contributed by atoms with E-state index in [9.17, 15) is 9.90 Å². The molecule has 0 aromatic rings. The highest BCUT2D eigenvalue weighted by atomic mass is 16.7. The second kappa shape index (κ2) is 12.6. The molecule has 38 heavy (non-hydrogen) atoms. The summed E-state index contributed by atoms with van der Waals surface area (Å²) in [5.74, 6) is -1.63. The van der Waals surface area contributed by atoms with Gasteiger partial charge in [-0.1, -0.05) is 32.9 Å². The number of methoxy groups -OCH3 is 4. The molecule has 3 aliphatic heterocycles. The maximum atomic E-state index is 14.0. The van der Waals surface area contributed by atoms with Crippen LogP contribution in [0.4, 0.5) is 0 Å². The molecule has 3 aliphatic rings. The van der Waals surface area contributed by atoms with Crippen molar-refractivity contribution in [2.75, 3.05) is 48.9 Å². The van der Waals surface area contributed by atoms with E-state index in [1.165, 1.54) is 26.2 Å². The Labute approximate surface area is 226 Å². The number of nitrogens with zero attached hydrogens (tertiary/aromatic N) is 1. The van der Waals surface area contributed by atoms with E-state index in [-0.39, 0.29) is 31.5 Å². The number of aliphatic hydroxyl groups excluding tert-OH is 1. The molecule has 3 heterocycles. The van der Waals surface area contributed by atoms with E-state index in [0.717, 1.165) is 5.57 Å². The molecule has 0 bridgehead atoms. The minimum Gasteiger partial charge on any atom is -0.391 e. The average Bonchev–Trinajstić information content (AvgIpc) is 2.87. The van der Waals surface area contributed by atoms with Crippen molar-refractivity contribution in [3.05, 3.63) is 12.2 Å². The lowest BCUT2D eigenvalue weighted by Crippen LogP contribution is -2.69. The number of hydrogen-bond donors (Lipinski definition) is 1. The molecule has 0 aromatic heterocycles. The fraction of sp³-hybridized carbons (Fsp3) is 0.889. The third kappa shape index (κ3) is 5.82. The number of hydrogen-bond acceptors (Lipinski definition) is 10. The number of fused-ring (bicyclic) bond motifs is 1. The number of carbonyl (C=O) groups excluding carboxylic acids is 1. The molecule has 1 N–H and O–H groups in total. The summed E-state index contributed by atoms with van der Waals surface area (Å²) in [7, 11) is 7.75. The van der Waals surface area contributed by atoms with Gasteiger partial charge in [-0.2, -0.15) is 0 Å². The Morgan fingerprint density at radius 1 is 1.18 bits per heavy atom. The fourth-order valence-electron chi connectivity index (χ4n) is 5.98. The van der Waals surface area contributed by atoms with Crippen molar-refractivity contribution in [3.8, 4) is 0 Å². The smallest absolute Gasteiger partial charge is 0.259 e. The summed E-state index contributed by atoms with van der Waals surface area (Å²) in [6, 6.07) is 0. The molecule has 3 rings (SSSR count). The van der Waals surface area contributed by atoms with E-state index in [0.29, 0.717) is 12.8 Å². The highest BCUT2D eigenvalue weighted by Gasteiger charge is 2.58. The van der Waals surface area contributed by atoms with Gasteiger partial charge in [-0.3, -0.25) is 4.79 Å². The minimum absolute atomic E-state index is 0.0470. The van der Waals surface area contributed by atoms with Crippen LogP contribution in [0.25, 0.3) is 0 Å². The third-order valence-electron chi connectivity index (χ3n) is 8.53. The molecular weight excluding hydrogens is 498 g/mol. The molecule has 0 aromatic carbocycles. The largest absolute Gasteiger partial charge is 0.391 e. The van der Waals surface area contributed by atoms with Crippen molar-refractivity contribution in [2.24, 2.45) is 11.3 Å². The summed E-state index contributed by atoms with van der Waals surface area (Å²) < 4.78 is 47.3. The second-order valence-electron chi connectivity index (χ2n) is 11.2. The number of ether oxygens (including phenoxy) is 8. The van der Waals surface area contributed by atoms with Gasteiger partial charge in [0.2, 0.25) is 5.79 Å². The van der Waals surface area contributed by atoms with Crippen LogP contribution in [0.1, 0.15) is 40.5 Å². The first kappa shape index (κ1) is 31.4. The Morgan fingerprint density at radius 2 is 1.87 bits per heavy atom. The number of likely N-dealkylation sites (N-methyl/N-ethyl adjacent to an activating group) is 1. The first-order valence-corrected chi connectivity index (χ1v) is 13.2. The summed E-state index contributed by atoms with van der Waals surface area (Å²) in [5.41, 5.74) is 0.414. The molecule has 10 atom stereocenters. The topological polar surface area (TPSA) is 114 Å². The molecule has 3 fully saturated rings. The van der Waals surface area contributed by atoms with Gasteiger partial charge in [-0.25, -0.2) is 0 Å². The minimum atomic E-state index is -1.34. The van der Waals surface area contributed by atoms with Gasteiger partial charge in [0.1, 0.15) is 19.0 Å². The first-order valence-electron chi connectivity index (χ1n) is 13.2. The van der Waals surface area contributed by atoms with E-state index in [4.69, 9.17) is 37.9 Å². The van der Waals surface area contributed by atoms with Crippen LogP contribution in [-0.2, 0) is 42.7 Å². The van der Waals surface area contributed by atoms with Crippen molar-refractivity contribution in [1.29, 1.82) is 0 Å². The molecule has 3 saturated heterocycles. The Balaban J connectivity index is 1.88. The Bertz CT molecular complexity index is 824. The van der Waals surface area contributed by atoms with Crippen molar-refractivity contribution in [3.63, 3.8) is 0 Å². The quantitative estimate of drug-likeness (QED) is 0.407. The van der Waals surface area contributed by atoms with Gasteiger partial charge in [0, 0.05) is 59.7 Å². The number of rotatable bonds is 10. The Morgan fingerprint density at radius 3 is 2.42 bits per heavy atom. The maximum Gasteiger partial charge on any atom is 0.259 e. The van der Waals surface area contributed by atoms with Crippen LogP contribution in [0.2, 0.25) is 0 Å². The summed E-state index contributed by atoms with van der Waals surface area (Å²) >= 11 is 0. The van der Waals surface area contributed by atoms with Gasteiger partial charge < -0.3 is 47.9 Å². The van der Waals surface area contributed by atoms with Gasteiger partial charge in [-0.05, 0) is 6.92 Å². The van der Waals surface area contributed by atoms with Crippen LogP contribution in [0, 0.1) is 11.3 Å². The maximum absolute atomic E-state index is 14.0. The monoisotopic (exact) mass is 545 g/mol. The molecule has 0 spiro atoms. The van der Waals surface area contributed by atoms with Gasteiger partial charge in [0.15, 0.2) is 12.3 Å². The summed E-state index contributed by atoms with van der Waals surface area (Å²) in [6.07, 6.45) is -4.24. The van der Waals surface area contributed by atoms with Crippen LogP contribution in [0.15, 0.2) is 12.2 Å². The second-order valence-corrected chi connectivity index (χ2v) is 11.2. The van der Waals surface area contributed by atoms with E-state index >= 15 is 0 Å². The van der Waals surface area contributed by atoms with Gasteiger partial charge >= 0.3 is 0 Å². The molecule has 0 saturated carbocycles. The predicted molar refractivity (Wildman–Crippen MR) is 137 cm³/mol. The lowest BCUT2D eigenvalue weighted by atomic mass is 9.72. The number of carbonyl (C=O) groups is 1. The van der Waals surface area contributed by atoms with Crippen molar-refractivity contribution >= 4 is 5.91 Å². The van der Waals surface area contributed by atoms with E-state index in [1.807, 2.05) is 27.7 Å². The highest BCUT2D eigenvalue weighted by molar-refractivity contribution is 5.82. The standard InChI is InChI=1S/C27H47NO10/c1-15-12-27(34-10,38-17(3)16(15)2)23(33-9)24(30)28(6)25-21-20(35-14-36-25)22(32-8)26(4,5)19(37-21)11-18(29)13-31-7/h16-23,25,29H,1,11-14H2,2-10H3/t16-,17-,18-,19-,20+,21+,22-,23-,25+,27-/m1/s1. The first-order chi connectivity index (χ1) is 17.9. The molecule has 0 radical (unpaired) electrons. The lowest BCUT2D eigenvalue weighted by molar-refractivity contribution is -0.346. The van der Waals surface area contributed by atoms with Crippen LogP contribution in [0.5, 0.6) is 0 Å². The van der Waals surface area contributed by atoms with Gasteiger partial charge in [0.05, 0.1) is 31.0 Å². The van der Waals surface area contributed by atoms with Crippen LogP contribution in [0.3, 0.4) is 0 Å². The summed E-state index contributed by atoms with van der Waals surface area (Å²) in [4.78, 5) is 15.4. The van der Waals surface area contributed by atoms with E-state index < -0.39 is 53.9 Å². The van der Waals surface area contributed by atoms with Crippen LogP contribution in [-0.4, -0.2) is 120 Å². The SMILES string of the molecule is C=C1C[C@](OC)([C@H](OC)C(=O)N(C)[C@H]2OCO[C@H]3[C@@H]2O[C@H](C[C@@H](O)COC)C(C)(C)[C@@H]3OC)O[C@H](C)[C@@H]1C. The van der Waals surface area contributed by atoms with Gasteiger partial charge in [-0.15, -0.1) is 0 Å². The molecule has 0 unspecified atom stereocenters. The lowest BCUT2D eigenvalue weighted by Gasteiger charge is -2.55.